The predicted molar refractivity (Wildman–Crippen MR) is 106 cm³/mol. The highest BCUT2D eigenvalue weighted by Crippen LogP contribution is 2.37. The van der Waals surface area contributed by atoms with Crippen LogP contribution in [0, 0.1) is 17.0 Å². The Labute approximate surface area is 166 Å². The third-order valence-corrected chi connectivity index (χ3v) is 9.95. The van der Waals surface area contributed by atoms with Crippen LogP contribution in [-0.4, -0.2) is 49.0 Å². The average molecular weight is 418 g/mol. The Kier molecular flexibility index (Phi) is 7.21. The maximum Gasteiger partial charge on any atom is 0.353 e. The minimum Gasteiger partial charge on any atom is -0.470 e. The van der Waals surface area contributed by atoms with E-state index in [0.717, 1.165) is 12.8 Å². The van der Waals surface area contributed by atoms with E-state index in [1.165, 1.54) is 11.6 Å². The molecule has 1 aliphatic rings. The number of hydrogen-bond donors (Lipinski definition) is 0. The molecule has 0 saturated carbocycles. The smallest absolute Gasteiger partial charge is 0.353 e. The summed E-state index contributed by atoms with van der Waals surface area (Å²) < 4.78 is 33.0. The first-order chi connectivity index (χ1) is 12.9. The first-order valence-electron chi connectivity index (χ1n) is 9.70. The Morgan fingerprint density at radius 3 is 2.61 bits per heavy atom. The quantitative estimate of drug-likeness (QED) is 0.350. The first kappa shape index (κ1) is 22.8. The standard InChI is InChI=1S/C18H32FN3O5Si/c1-13-16(22(23)24)17(21(20-13)15-9-7-8-10-25-15)26-11-14(19)12-27-28(5,6)18(2,3)4/h14-15H,7-12H2,1-6H3/t14-,15?/m0/s1. The molecule has 1 aromatic heterocycles. The van der Waals surface area contributed by atoms with Gasteiger partial charge in [-0.25, -0.2) is 4.39 Å². The molecule has 0 radical (unpaired) electrons. The second-order valence-electron chi connectivity index (χ2n) is 8.74. The number of nitro groups is 1. The zero-order valence-corrected chi connectivity index (χ0v) is 18.7. The van der Waals surface area contributed by atoms with E-state index in [-0.39, 0.29) is 35.5 Å². The Balaban J connectivity index is 2.08. The maximum absolute atomic E-state index is 14.5. The molecule has 2 atom stereocenters. The second-order valence-corrected chi connectivity index (χ2v) is 13.6. The van der Waals surface area contributed by atoms with Crippen molar-refractivity contribution in [3.8, 4) is 5.88 Å². The van der Waals surface area contributed by atoms with Crippen molar-refractivity contribution in [2.24, 2.45) is 0 Å². The van der Waals surface area contributed by atoms with E-state index in [4.69, 9.17) is 13.9 Å². The predicted octanol–water partition coefficient (Wildman–Crippen LogP) is 4.54. The minimum atomic E-state index is -2.08. The van der Waals surface area contributed by atoms with Gasteiger partial charge < -0.3 is 13.9 Å². The van der Waals surface area contributed by atoms with Crippen LogP contribution < -0.4 is 4.74 Å². The van der Waals surface area contributed by atoms with Crippen molar-refractivity contribution < 1.29 is 23.2 Å². The van der Waals surface area contributed by atoms with Crippen LogP contribution in [0.25, 0.3) is 0 Å². The summed E-state index contributed by atoms with van der Waals surface area (Å²) in [7, 11) is -2.08. The molecular formula is C18H32FN3O5Si. The molecule has 0 aromatic carbocycles. The van der Waals surface area contributed by atoms with Crippen molar-refractivity contribution in [2.45, 2.75) is 77.5 Å². The van der Waals surface area contributed by atoms with Crippen molar-refractivity contribution in [3.63, 3.8) is 0 Å². The van der Waals surface area contributed by atoms with Gasteiger partial charge in [-0.3, -0.25) is 10.1 Å². The number of nitrogens with zero attached hydrogens (tertiary/aromatic N) is 3. The molecule has 1 aromatic rings. The zero-order valence-electron chi connectivity index (χ0n) is 17.7. The molecule has 1 saturated heterocycles. The molecule has 1 unspecified atom stereocenters. The molecular weight excluding hydrogens is 385 g/mol. The number of aryl methyl sites for hydroxylation is 1. The molecule has 8 nitrogen and oxygen atoms in total. The van der Waals surface area contributed by atoms with Gasteiger partial charge in [0.25, 0.3) is 5.88 Å². The molecule has 10 heteroatoms. The van der Waals surface area contributed by atoms with Crippen molar-refractivity contribution in [1.82, 2.24) is 9.78 Å². The number of hydrogen-bond acceptors (Lipinski definition) is 6. The number of rotatable bonds is 8. The zero-order chi connectivity index (χ0) is 21.1. The van der Waals surface area contributed by atoms with Gasteiger partial charge in [0, 0.05) is 6.61 Å². The molecule has 28 heavy (non-hydrogen) atoms. The van der Waals surface area contributed by atoms with E-state index in [1.54, 1.807) is 0 Å². The van der Waals surface area contributed by atoms with E-state index in [1.807, 2.05) is 13.1 Å². The highest BCUT2D eigenvalue weighted by molar-refractivity contribution is 6.74. The topological polar surface area (TPSA) is 88.7 Å². The third kappa shape index (κ3) is 5.29. The third-order valence-electron chi connectivity index (χ3n) is 5.45. The Bertz CT molecular complexity index is 683. The normalized spacial score (nSPS) is 19.5. The average Bonchev–Trinajstić information content (AvgIpc) is 2.94. The van der Waals surface area contributed by atoms with E-state index in [9.17, 15) is 14.5 Å². The van der Waals surface area contributed by atoms with Crippen molar-refractivity contribution in [2.75, 3.05) is 19.8 Å². The van der Waals surface area contributed by atoms with Crippen molar-refractivity contribution in [3.05, 3.63) is 15.8 Å². The molecule has 0 bridgehead atoms. The molecule has 0 N–H and O–H groups in total. The lowest BCUT2D eigenvalue weighted by Gasteiger charge is -2.36. The summed E-state index contributed by atoms with van der Waals surface area (Å²) in [5.74, 6) is -0.0515. The molecule has 0 spiro atoms. The van der Waals surface area contributed by atoms with Crippen LogP contribution in [0.3, 0.4) is 0 Å². The fraction of sp³-hybridized carbons (Fsp3) is 0.833. The lowest BCUT2D eigenvalue weighted by Crippen LogP contribution is -2.42. The Morgan fingerprint density at radius 1 is 1.39 bits per heavy atom. The van der Waals surface area contributed by atoms with E-state index in [2.05, 4.69) is 25.9 Å². The van der Waals surface area contributed by atoms with Crippen LogP contribution in [0.5, 0.6) is 5.88 Å². The summed E-state index contributed by atoms with van der Waals surface area (Å²) >= 11 is 0. The lowest BCUT2D eigenvalue weighted by molar-refractivity contribution is -0.386. The van der Waals surface area contributed by atoms with Crippen molar-refractivity contribution >= 4 is 14.0 Å². The first-order valence-corrected chi connectivity index (χ1v) is 12.6. The SMILES string of the molecule is Cc1nn(C2CCCCO2)c(OC[C@H](F)CO[Si](C)(C)C(C)(C)C)c1[N+](=O)[O-]. The van der Waals surface area contributed by atoms with Gasteiger partial charge in [-0.15, -0.1) is 0 Å². The molecule has 2 heterocycles. The van der Waals surface area contributed by atoms with Crippen LogP contribution >= 0.6 is 0 Å². The van der Waals surface area contributed by atoms with Gasteiger partial charge in [0.05, 0.1) is 11.5 Å². The maximum atomic E-state index is 14.5. The van der Waals surface area contributed by atoms with Crippen molar-refractivity contribution in [1.29, 1.82) is 0 Å². The fourth-order valence-electron chi connectivity index (χ4n) is 2.71. The molecule has 160 valence electrons. The second kappa shape index (κ2) is 8.87. The van der Waals surface area contributed by atoms with Gasteiger partial charge in [-0.2, -0.15) is 9.78 Å². The molecule has 1 fully saturated rings. The van der Waals surface area contributed by atoms with Gasteiger partial charge in [0.1, 0.15) is 12.3 Å². The van der Waals surface area contributed by atoms with Gasteiger partial charge in [0.2, 0.25) is 0 Å². The summed E-state index contributed by atoms with van der Waals surface area (Å²) in [4.78, 5) is 10.9. The van der Waals surface area contributed by atoms with Crippen LogP contribution in [0.1, 0.15) is 52.0 Å². The number of aromatic nitrogens is 2. The summed E-state index contributed by atoms with van der Waals surface area (Å²) in [6, 6.07) is 0. The summed E-state index contributed by atoms with van der Waals surface area (Å²) in [6.45, 7) is 12.0. The summed E-state index contributed by atoms with van der Waals surface area (Å²) in [5.41, 5.74) is -0.0196. The monoisotopic (exact) mass is 417 g/mol. The summed E-state index contributed by atoms with van der Waals surface area (Å²) in [6.07, 6.45) is 0.722. The number of ether oxygens (including phenoxy) is 2. The van der Waals surface area contributed by atoms with E-state index in [0.29, 0.717) is 13.0 Å². The van der Waals surface area contributed by atoms with Gasteiger partial charge in [0.15, 0.2) is 20.7 Å². The van der Waals surface area contributed by atoms with Gasteiger partial charge in [-0.05, 0) is 44.3 Å². The summed E-state index contributed by atoms with van der Waals surface area (Å²) in [5, 5.41) is 15.7. The lowest BCUT2D eigenvalue weighted by atomic mass is 10.2. The van der Waals surface area contributed by atoms with Crippen LogP contribution in [-0.2, 0) is 9.16 Å². The van der Waals surface area contributed by atoms with Crippen LogP contribution in [0.15, 0.2) is 0 Å². The molecule has 0 amide bonds. The minimum absolute atomic E-state index is 0.0274. The molecule has 2 rings (SSSR count). The highest BCUT2D eigenvalue weighted by atomic mass is 28.4. The largest absolute Gasteiger partial charge is 0.470 e. The molecule has 1 aliphatic heterocycles. The number of alkyl halides is 1. The highest BCUT2D eigenvalue weighted by Gasteiger charge is 2.38. The van der Waals surface area contributed by atoms with E-state index < -0.39 is 25.6 Å². The van der Waals surface area contributed by atoms with Gasteiger partial charge in [-0.1, -0.05) is 20.8 Å². The van der Waals surface area contributed by atoms with Crippen LogP contribution in [0.4, 0.5) is 10.1 Å². The van der Waals surface area contributed by atoms with E-state index >= 15 is 0 Å². The fourth-order valence-corrected chi connectivity index (χ4v) is 3.74. The Hall–Kier alpha value is -1.52. The van der Waals surface area contributed by atoms with Crippen LogP contribution in [0.2, 0.25) is 18.1 Å². The molecule has 0 aliphatic carbocycles. The number of halogens is 1. The van der Waals surface area contributed by atoms with Gasteiger partial charge >= 0.3 is 5.69 Å². The Morgan fingerprint density at radius 2 is 2.07 bits per heavy atom.